The summed E-state index contributed by atoms with van der Waals surface area (Å²) in [5.41, 5.74) is 6.71. The Morgan fingerprint density at radius 3 is 2.47 bits per heavy atom. The van der Waals surface area contributed by atoms with Crippen LogP contribution in [0.25, 0.3) is 0 Å². The van der Waals surface area contributed by atoms with Crippen molar-refractivity contribution in [2.24, 2.45) is 5.73 Å². The topological polar surface area (TPSA) is 64.7 Å². The summed E-state index contributed by atoms with van der Waals surface area (Å²) < 4.78 is 10.8. The Kier molecular flexibility index (Phi) is 6.58. The summed E-state index contributed by atoms with van der Waals surface area (Å²) >= 11 is 6.09. The summed E-state index contributed by atoms with van der Waals surface area (Å²) in [5, 5.41) is 10.2. The van der Waals surface area contributed by atoms with Gasteiger partial charge in [0.15, 0.2) is 0 Å². The van der Waals surface area contributed by atoms with Gasteiger partial charge in [0.25, 0.3) is 0 Å². The van der Waals surface area contributed by atoms with Crippen LogP contribution in [0.4, 0.5) is 0 Å². The molecule has 4 nitrogen and oxygen atoms in total. The van der Waals surface area contributed by atoms with Crippen LogP contribution in [0.1, 0.15) is 32.4 Å². The van der Waals surface area contributed by atoms with Gasteiger partial charge in [-0.25, -0.2) is 0 Å². The Labute approximate surface area is 119 Å². The van der Waals surface area contributed by atoms with Crippen molar-refractivity contribution in [2.45, 2.75) is 39.0 Å². The molecule has 3 N–H and O–H groups in total. The summed E-state index contributed by atoms with van der Waals surface area (Å²) in [6.45, 7) is 6.10. The number of nitrogens with two attached hydrogens (primary N) is 1. The van der Waals surface area contributed by atoms with Gasteiger partial charge in [0.1, 0.15) is 18.5 Å². The molecule has 0 saturated carbocycles. The minimum absolute atomic E-state index is 0.0726. The highest BCUT2D eigenvalue weighted by Crippen LogP contribution is 2.27. The minimum Gasteiger partial charge on any atom is -0.489 e. The van der Waals surface area contributed by atoms with Crippen molar-refractivity contribution in [1.29, 1.82) is 0 Å². The highest BCUT2D eigenvalue weighted by Gasteiger charge is 2.10. The molecule has 0 radical (unpaired) electrons. The van der Waals surface area contributed by atoms with Crippen LogP contribution in [0.2, 0.25) is 5.02 Å². The summed E-state index contributed by atoms with van der Waals surface area (Å²) in [6, 6.07) is 5.33. The minimum atomic E-state index is -0.674. The van der Waals surface area contributed by atoms with Gasteiger partial charge < -0.3 is 20.3 Å². The maximum absolute atomic E-state index is 9.68. The monoisotopic (exact) mass is 287 g/mol. The largest absolute Gasteiger partial charge is 0.489 e. The van der Waals surface area contributed by atoms with Crippen LogP contribution < -0.4 is 10.5 Å². The Hall–Kier alpha value is -0.810. The quantitative estimate of drug-likeness (QED) is 0.809. The summed E-state index contributed by atoms with van der Waals surface area (Å²) in [6.07, 6.45) is -0.588. The molecular formula is C14H22ClNO3. The number of rotatable bonds is 7. The summed E-state index contributed by atoms with van der Waals surface area (Å²) in [4.78, 5) is 0. The first-order valence-corrected chi connectivity index (χ1v) is 6.75. The SMILES string of the molecule is CC(C)OCC(O)COc1ccc(C(C)N)cc1Cl. The second kappa shape index (κ2) is 7.70. The molecular weight excluding hydrogens is 266 g/mol. The lowest BCUT2D eigenvalue weighted by atomic mass is 10.1. The molecule has 0 aliphatic heterocycles. The Morgan fingerprint density at radius 1 is 1.26 bits per heavy atom. The summed E-state index contributed by atoms with van der Waals surface area (Å²) in [5.74, 6) is 0.537. The van der Waals surface area contributed by atoms with E-state index in [9.17, 15) is 5.11 Å². The van der Waals surface area contributed by atoms with Crippen LogP contribution in [0, 0.1) is 0 Å². The van der Waals surface area contributed by atoms with Gasteiger partial charge in [-0.1, -0.05) is 17.7 Å². The van der Waals surface area contributed by atoms with Gasteiger partial charge in [-0.2, -0.15) is 0 Å². The molecule has 0 fully saturated rings. The van der Waals surface area contributed by atoms with Crippen LogP contribution in [0.5, 0.6) is 5.75 Å². The fraction of sp³-hybridized carbons (Fsp3) is 0.571. The maximum atomic E-state index is 9.68. The molecule has 1 aromatic carbocycles. The average molecular weight is 288 g/mol. The standard InChI is InChI=1S/C14H22ClNO3/c1-9(2)18-7-12(17)8-19-14-5-4-11(10(3)16)6-13(14)15/h4-6,9-10,12,17H,7-8,16H2,1-3H3. The van der Waals surface area contributed by atoms with Crippen molar-refractivity contribution in [1.82, 2.24) is 0 Å². The van der Waals surface area contributed by atoms with Crippen molar-refractivity contribution >= 4 is 11.6 Å². The molecule has 2 atom stereocenters. The lowest BCUT2D eigenvalue weighted by molar-refractivity contribution is -0.0122. The lowest BCUT2D eigenvalue weighted by Gasteiger charge is -2.16. The van der Waals surface area contributed by atoms with E-state index < -0.39 is 6.10 Å². The van der Waals surface area contributed by atoms with E-state index in [-0.39, 0.29) is 25.4 Å². The van der Waals surface area contributed by atoms with Gasteiger partial charge in [-0.15, -0.1) is 0 Å². The Balaban J connectivity index is 2.49. The van der Waals surface area contributed by atoms with Gasteiger partial charge in [-0.05, 0) is 38.5 Å². The number of ether oxygens (including phenoxy) is 2. The van der Waals surface area contributed by atoms with Crippen molar-refractivity contribution in [3.05, 3.63) is 28.8 Å². The van der Waals surface area contributed by atoms with Gasteiger partial charge in [0.05, 0.1) is 17.7 Å². The first-order chi connectivity index (χ1) is 8.90. The second-order valence-electron chi connectivity index (χ2n) is 4.83. The predicted molar refractivity (Wildman–Crippen MR) is 76.6 cm³/mol. The molecule has 0 aromatic heterocycles. The predicted octanol–water partition coefficient (Wildman–Crippen LogP) is 2.52. The number of hydrogen-bond donors (Lipinski definition) is 2. The van der Waals surface area contributed by atoms with Crippen molar-refractivity contribution in [3.63, 3.8) is 0 Å². The summed E-state index contributed by atoms with van der Waals surface area (Å²) in [7, 11) is 0. The average Bonchev–Trinajstić information content (AvgIpc) is 2.34. The normalized spacial score (nSPS) is 14.5. The molecule has 0 spiro atoms. The molecule has 1 aromatic rings. The van der Waals surface area contributed by atoms with Crippen LogP contribution in [-0.4, -0.2) is 30.5 Å². The van der Waals surface area contributed by atoms with E-state index in [0.717, 1.165) is 5.56 Å². The van der Waals surface area contributed by atoms with E-state index in [1.54, 1.807) is 12.1 Å². The van der Waals surface area contributed by atoms with E-state index >= 15 is 0 Å². The van der Waals surface area contributed by atoms with Crippen LogP contribution in [0.3, 0.4) is 0 Å². The third kappa shape index (κ3) is 5.78. The lowest BCUT2D eigenvalue weighted by Crippen LogP contribution is -2.25. The van der Waals surface area contributed by atoms with Crippen LogP contribution in [-0.2, 0) is 4.74 Å². The molecule has 1 rings (SSSR count). The van der Waals surface area contributed by atoms with Crippen LogP contribution >= 0.6 is 11.6 Å². The highest BCUT2D eigenvalue weighted by atomic mass is 35.5. The van der Waals surface area contributed by atoms with E-state index in [1.165, 1.54) is 0 Å². The molecule has 0 heterocycles. The van der Waals surface area contributed by atoms with Crippen LogP contribution in [0.15, 0.2) is 18.2 Å². The molecule has 0 aliphatic carbocycles. The van der Waals surface area contributed by atoms with Crippen molar-refractivity contribution in [2.75, 3.05) is 13.2 Å². The number of aliphatic hydroxyl groups excluding tert-OH is 1. The van der Waals surface area contributed by atoms with Gasteiger partial charge >= 0.3 is 0 Å². The second-order valence-corrected chi connectivity index (χ2v) is 5.23. The molecule has 19 heavy (non-hydrogen) atoms. The van der Waals surface area contributed by atoms with Crippen molar-refractivity contribution in [3.8, 4) is 5.75 Å². The fourth-order valence-electron chi connectivity index (χ4n) is 1.45. The van der Waals surface area contributed by atoms with Gasteiger partial charge in [0, 0.05) is 6.04 Å². The molecule has 0 bridgehead atoms. The van der Waals surface area contributed by atoms with E-state index in [1.807, 2.05) is 26.8 Å². The maximum Gasteiger partial charge on any atom is 0.138 e. The molecule has 0 amide bonds. The van der Waals surface area contributed by atoms with Gasteiger partial charge in [0.2, 0.25) is 0 Å². The van der Waals surface area contributed by atoms with E-state index in [4.69, 9.17) is 26.8 Å². The molecule has 5 heteroatoms. The highest BCUT2D eigenvalue weighted by molar-refractivity contribution is 6.32. The number of aliphatic hydroxyl groups is 1. The molecule has 0 saturated heterocycles. The Bertz CT molecular complexity index is 396. The van der Waals surface area contributed by atoms with E-state index in [2.05, 4.69) is 0 Å². The zero-order valence-corrected chi connectivity index (χ0v) is 12.4. The number of halogens is 1. The number of benzene rings is 1. The Morgan fingerprint density at radius 2 is 1.95 bits per heavy atom. The molecule has 2 unspecified atom stereocenters. The zero-order chi connectivity index (χ0) is 14.4. The third-order valence-corrected chi connectivity index (χ3v) is 2.83. The first kappa shape index (κ1) is 16.2. The van der Waals surface area contributed by atoms with Gasteiger partial charge in [-0.3, -0.25) is 0 Å². The molecule has 108 valence electrons. The number of hydrogen-bond acceptors (Lipinski definition) is 4. The zero-order valence-electron chi connectivity index (χ0n) is 11.6. The first-order valence-electron chi connectivity index (χ1n) is 6.37. The fourth-order valence-corrected chi connectivity index (χ4v) is 1.70. The molecule has 0 aliphatic rings. The smallest absolute Gasteiger partial charge is 0.138 e. The van der Waals surface area contributed by atoms with E-state index in [0.29, 0.717) is 10.8 Å². The van der Waals surface area contributed by atoms with Crippen molar-refractivity contribution < 1.29 is 14.6 Å². The third-order valence-electron chi connectivity index (χ3n) is 2.53.